The lowest BCUT2D eigenvalue weighted by Gasteiger charge is -2.49. The number of aliphatic hydroxyl groups excluding tert-OH is 1. The highest BCUT2D eigenvalue weighted by Gasteiger charge is 2.51. The van der Waals surface area contributed by atoms with Gasteiger partial charge in [0.2, 0.25) is 0 Å². The minimum atomic E-state index is -1.88. The standard InChI is InChI=1S/C46H62N4O10/c1-12-19-50-20-17-46(18-21-50)48-33-30-31-37(52)27(6)41-32(30)42(54)45(10,60-41)57-22-16-29(56-11)25(4)36(51)26(5)40-28(7)39(58-44(8,9)59-40)23(2)14-13-15-24(3)43(55)47-35(38(31)53)34(33)49-46/h13-16,22-23,25-26,28-29,36,39-40,48,51-53H,12,17-21H2,1-11H3/b14-13+,22-16+,24-15-,47-35?/t23-,25+,26-,28+,29-,36+,39-,40-,45-/m0/s1. The monoisotopic (exact) mass is 830 g/mol. The number of nitrogens with one attached hydrogen (secondary N) is 1. The van der Waals surface area contributed by atoms with Gasteiger partial charge in [0, 0.05) is 80.2 Å². The summed E-state index contributed by atoms with van der Waals surface area (Å²) < 4.78 is 31.3. The van der Waals surface area contributed by atoms with Crippen LogP contribution in [0.5, 0.6) is 17.2 Å². The number of rotatable bonds is 3. The third-order valence-electron chi connectivity index (χ3n) is 13.3. The minimum Gasteiger partial charge on any atom is -0.507 e. The summed E-state index contributed by atoms with van der Waals surface area (Å²) in [6, 6.07) is 0. The van der Waals surface area contributed by atoms with Gasteiger partial charge in [-0.05, 0) is 46.7 Å². The first-order valence-corrected chi connectivity index (χ1v) is 21.3. The maximum absolute atomic E-state index is 14.7. The molecule has 60 heavy (non-hydrogen) atoms. The molecule has 0 aliphatic carbocycles. The zero-order chi connectivity index (χ0) is 43.6. The topological polar surface area (TPSA) is 181 Å². The van der Waals surface area contributed by atoms with E-state index >= 15 is 0 Å². The quantitative estimate of drug-likeness (QED) is 0.277. The number of aromatic hydroxyl groups is 2. The number of hydrogen-bond donors (Lipinski definition) is 4. The summed E-state index contributed by atoms with van der Waals surface area (Å²) in [7, 11) is 1.54. The molecule has 4 N–H and O–H groups in total. The lowest BCUT2D eigenvalue weighted by Crippen LogP contribution is -2.56. The summed E-state index contributed by atoms with van der Waals surface area (Å²) in [5.41, 5.74) is 0.154. The predicted molar refractivity (Wildman–Crippen MR) is 225 cm³/mol. The van der Waals surface area contributed by atoms with Crippen molar-refractivity contribution in [2.24, 2.45) is 33.7 Å². The number of aliphatic hydroxyl groups is 1. The number of methoxy groups -OCH3 is 1. The fourth-order valence-corrected chi connectivity index (χ4v) is 9.77. The number of ether oxygens (including phenoxy) is 5. The van der Waals surface area contributed by atoms with E-state index < -0.39 is 52.8 Å². The maximum atomic E-state index is 14.7. The number of anilines is 1. The number of likely N-dealkylation sites (tertiary alicyclic amines) is 1. The molecule has 0 unspecified atom stereocenters. The van der Waals surface area contributed by atoms with Crippen LogP contribution in [-0.4, -0.2) is 100 Å². The molecular weight excluding hydrogens is 769 g/mol. The van der Waals surface area contributed by atoms with Gasteiger partial charge in [-0.15, -0.1) is 0 Å². The summed E-state index contributed by atoms with van der Waals surface area (Å²) in [6.45, 7) is 21.0. The van der Waals surface area contributed by atoms with E-state index in [9.17, 15) is 24.9 Å². The predicted octanol–water partition coefficient (Wildman–Crippen LogP) is 5.73. The zero-order valence-corrected chi connectivity index (χ0v) is 36.8. The molecule has 2 fully saturated rings. The van der Waals surface area contributed by atoms with E-state index in [2.05, 4.69) is 29.1 Å². The molecule has 326 valence electrons. The Morgan fingerprint density at radius 3 is 2.28 bits per heavy atom. The number of phenols is 2. The Morgan fingerprint density at radius 1 is 0.933 bits per heavy atom. The fourth-order valence-electron chi connectivity index (χ4n) is 9.77. The first-order chi connectivity index (χ1) is 28.3. The van der Waals surface area contributed by atoms with E-state index in [-0.39, 0.29) is 74.1 Å². The molecule has 8 rings (SSSR count). The molecule has 2 aromatic carbocycles. The van der Waals surface area contributed by atoms with Crippen molar-refractivity contribution >= 4 is 28.2 Å². The van der Waals surface area contributed by atoms with Gasteiger partial charge in [-0.2, -0.15) is 0 Å². The number of phenolic OH excluding ortho intramolecular Hbond substituents is 2. The summed E-state index contributed by atoms with van der Waals surface area (Å²) in [5, 5.41) is 39.7. The summed E-state index contributed by atoms with van der Waals surface area (Å²) >= 11 is 0. The SMILES string of the molecule is CCCN1CCC2(CC1)N=c1c(c3c4c5c(C)c(O)c3c(O)c1=NC(=O)/C(C)=C\C=C\[C@H](C)[C@@H]1OC(C)(C)O[C@@H]([C@@H](C)[C@H](O)[C@H](C)[C@@H](OC)/C=C/O[C@@](C)(O5)C4=O)[C@@H]1C)N2. The van der Waals surface area contributed by atoms with Crippen molar-refractivity contribution < 1.29 is 48.6 Å². The number of carbonyl (C=O) groups is 2. The van der Waals surface area contributed by atoms with Crippen molar-refractivity contribution in [2.75, 3.05) is 32.1 Å². The first-order valence-electron chi connectivity index (χ1n) is 21.3. The van der Waals surface area contributed by atoms with Crippen LogP contribution < -0.4 is 20.8 Å². The zero-order valence-electron chi connectivity index (χ0n) is 36.8. The third kappa shape index (κ3) is 7.52. The van der Waals surface area contributed by atoms with Crippen molar-refractivity contribution in [3.05, 3.63) is 58.0 Å². The van der Waals surface area contributed by atoms with E-state index in [1.54, 1.807) is 39.2 Å². The Labute approximate surface area is 352 Å². The number of carbonyl (C=O) groups excluding carboxylic acids is 2. The van der Waals surface area contributed by atoms with Crippen molar-refractivity contribution in [1.29, 1.82) is 0 Å². The van der Waals surface area contributed by atoms with Gasteiger partial charge in [0.25, 0.3) is 11.7 Å². The van der Waals surface area contributed by atoms with Gasteiger partial charge in [-0.25, -0.2) is 4.99 Å². The third-order valence-corrected chi connectivity index (χ3v) is 13.3. The van der Waals surface area contributed by atoms with Crippen LogP contribution in [0.2, 0.25) is 0 Å². The molecular formula is C46H62N4O10. The van der Waals surface area contributed by atoms with E-state index in [4.69, 9.17) is 28.7 Å². The van der Waals surface area contributed by atoms with Crippen LogP contribution in [0.15, 0.2) is 46.1 Å². The van der Waals surface area contributed by atoms with E-state index in [0.717, 1.165) is 26.1 Å². The molecule has 1 spiro atoms. The normalized spacial score (nSPS) is 34.8. The van der Waals surface area contributed by atoms with Crippen LogP contribution in [0.1, 0.15) is 97.5 Å². The largest absolute Gasteiger partial charge is 0.507 e. The number of amides is 1. The van der Waals surface area contributed by atoms with Gasteiger partial charge in [0.15, 0.2) is 11.5 Å². The van der Waals surface area contributed by atoms with Crippen molar-refractivity contribution in [3.8, 4) is 17.2 Å². The second-order valence-corrected chi connectivity index (χ2v) is 18.1. The lowest BCUT2D eigenvalue weighted by molar-refractivity contribution is -0.336. The fraction of sp³-hybridized carbons (Fsp3) is 0.609. The number of benzene rings is 2. The molecule has 14 heteroatoms. The lowest BCUT2D eigenvalue weighted by atomic mass is 9.77. The van der Waals surface area contributed by atoms with Crippen molar-refractivity contribution in [2.45, 2.75) is 130 Å². The first kappa shape index (κ1) is 43.7. The Hall–Kier alpha value is -4.34. The second kappa shape index (κ2) is 16.2. The van der Waals surface area contributed by atoms with Crippen LogP contribution in [0, 0.1) is 30.6 Å². The Morgan fingerprint density at radius 2 is 1.62 bits per heavy atom. The van der Waals surface area contributed by atoms with E-state index in [0.29, 0.717) is 24.1 Å². The van der Waals surface area contributed by atoms with Gasteiger partial charge < -0.3 is 49.2 Å². The molecule has 1 amide bonds. The number of Topliss-reactive ketones (excluding diaryl/α,β-unsaturated/α-hetero) is 1. The summed E-state index contributed by atoms with van der Waals surface area (Å²) in [6.07, 6.45) is 8.50. The molecule has 0 aromatic heterocycles. The average molecular weight is 831 g/mol. The van der Waals surface area contributed by atoms with Crippen LogP contribution in [0.3, 0.4) is 0 Å². The van der Waals surface area contributed by atoms with Crippen molar-refractivity contribution in [3.63, 3.8) is 0 Å². The van der Waals surface area contributed by atoms with Crippen LogP contribution in [-0.2, 0) is 23.7 Å². The molecule has 14 nitrogen and oxygen atoms in total. The molecule has 6 aliphatic heterocycles. The van der Waals surface area contributed by atoms with Gasteiger partial charge >= 0.3 is 5.79 Å². The highest BCUT2D eigenvalue weighted by molar-refractivity contribution is 6.21. The number of allylic oxidation sites excluding steroid dienone is 2. The maximum Gasteiger partial charge on any atom is 0.312 e. The Balaban J connectivity index is 1.41. The molecule has 6 aliphatic rings. The van der Waals surface area contributed by atoms with Crippen LogP contribution in [0.25, 0.3) is 10.8 Å². The number of ketones is 1. The van der Waals surface area contributed by atoms with Gasteiger partial charge in [0.05, 0.1) is 47.3 Å². The molecule has 0 radical (unpaired) electrons. The van der Waals surface area contributed by atoms with Crippen LogP contribution in [0.4, 0.5) is 5.69 Å². The summed E-state index contributed by atoms with van der Waals surface area (Å²) in [4.78, 5) is 40.7. The van der Waals surface area contributed by atoms with Gasteiger partial charge in [-0.1, -0.05) is 52.8 Å². The van der Waals surface area contributed by atoms with Crippen molar-refractivity contribution in [1.82, 2.24) is 4.90 Å². The highest BCUT2D eigenvalue weighted by atomic mass is 16.7. The molecule has 6 heterocycles. The highest BCUT2D eigenvalue weighted by Crippen LogP contribution is 2.51. The number of nitrogens with zero attached hydrogens (tertiary/aromatic N) is 3. The van der Waals surface area contributed by atoms with Crippen LogP contribution >= 0.6 is 0 Å². The molecule has 9 atom stereocenters. The second-order valence-electron chi connectivity index (χ2n) is 18.1. The molecule has 2 aromatic rings. The Kier molecular flexibility index (Phi) is 11.8. The van der Waals surface area contributed by atoms with E-state index in [1.165, 1.54) is 13.2 Å². The molecule has 7 bridgehead atoms. The van der Waals surface area contributed by atoms with Gasteiger partial charge in [0.1, 0.15) is 27.9 Å². The molecule has 2 saturated heterocycles. The summed E-state index contributed by atoms with van der Waals surface area (Å²) in [5.74, 6) is -5.72. The van der Waals surface area contributed by atoms with Gasteiger partial charge in [-0.3, -0.25) is 14.6 Å². The minimum absolute atomic E-state index is 0.0514. The number of fused-ring (bicyclic) bond motifs is 9. The van der Waals surface area contributed by atoms with E-state index in [1.807, 2.05) is 40.7 Å². The average Bonchev–Trinajstić information content (AvgIpc) is 3.71. The Bertz CT molecular complexity index is 2280. The number of hydrogen-bond acceptors (Lipinski definition) is 13. The smallest absolute Gasteiger partial charge is 0.312 e. The molecule has 0 saturated carbocycles. The number of piperidine rings is 1.